The predicted molar refractivity (Wildman–Crippen MR) is 249 cm³/mol. The summed E-state index contributed by atoms with van der Waals surface area (Å²) < 4.78 is 11.2. The molecule has 1 saturated heterocycles. The molecule has 1 heterocycles. The fourth-order valence-electron chi connectivity index (χ4n) is 7.88. The zero-order valence-corrected chi connectivity index (χ0v) is 38.7. The first kappa shape index (κ1) is 56.4. The fraction of sp³-hybridized carbons (Fsp3) is 0.863. The van der Waals surface area contributed by atoms with Crippen LogP contribution < -0.4 is 5.32 Å². The standard InChI is InChI=1S/C51H95NO8/c1-3-5-7-9-11-13-15-16-17-18-19-20-21-22-23-24-25-26-27-28-29-30-31-32-34-36-38-40-45(54)44(43-59-51-50(58)49(57)48(56)46(42-53)60-51)52-47(55)41-39-37-35-33-14-12-10-8-6-4-2/h8,10,31-32,38,40,44-46,48-51,53-54,56-58H,3-7,9,11-30,33-37,39,41-43H2,1-2H3,(H,52,55)/b10-8-,32-31+,40-38+. The number of ether oxygens (including phenoxy) is 2. The van der Waals surface area contributed by atoms with E-state index in [1.54, 1.807) is 6.08 Å². The van der Waals surface area contributed by atoms with Gasteiger partial charge in [0, 0.05) is 6.42 Å². The van der Waals surface area contributed by atoms with E-state index in [9.17, 15) is 30.3 Å². The van der Waals surface area contributed by atoms with Crippen LogP contribution in [0.5, 0.6) is 0 Å². The number of carbonyl (C=O) groups excluding carboxylic acids is 1. The first-order valence-electron chi connectivity index (χ1n) is 25.2. The lowest BCUT2D eigenvalue weighted by Gasteiger charge is -2.40. The molecule has 1 rings (SSSR count). The average Bonchev–Trinajstić information content (AvgIpc) is 3.25. The molecule has 1 aliphatic rings. The molecule has 0 aromatic heterocycles. The van der Waals surface area contributed by atoms with Gasteiger partial charge in [-0.1, -0.05) is 204 Å². The maximum atomic E-state index is 12.9. The van der Waals surface area contributed by atoms with Crippen LogP contribution in [0, 0.1) is 0 Å². The summed E-state index contributed by atoms with van der Waals surface area (Å²) in [5.74, 6) is -0.199. The number of hydrogen-bond acceptors (Lipinski definition) is 8. The number of rotatable bonds is 42. The molecule has 7 atom stereocenters. The van der Waals surface area contributed by atoms with E-state index in [1.807, 2.05) is 6.08 Å². The van der Waals surface area contributed by atoms with Crippen molar-refractivity contribution in [3.8, 4) is 0 Å². The van der Waals surface area contributed by atoms with Crippen molar-refractivity contribution in [3.05, 3.63) is 36.5 Å². The summed E-state index contributed by atoms with van der Waals surface area (Å²) in [7, 11) is 0. The Bertz CT molecular complexity index is 1030. The van der Waals surface area contributed by atoms with Crippen LogP contribution in [0.1, 0.15) is 226 Å². The van der Waals surface area contributed by atoms with Gasteiger partial charge >= 0.3 is 0 Å². The van der Waals surface area contributed by atoms with Crippen LogP contribution in [0.25, 0.3) is 0 Å². The Morgan fingerprint density at radius 3 is 1.47 bits per heavy atom. The zero-order valence-electron chi connectivity index (χ0n) is 38.7. The Hall–Kier alpha value is -1.59. The van der Waals surface area contributed by atoms with Gasteiger partial charge in [-0.3, -0.25) is 4.79 Å². The van der Waals surface area contributed by atoms with E-state index in [0.29, 0.717) is 6.42 Å². The summed E-state index contributed by atoms with van der Waals surface area (Å²) in [6, 6.07) is -0.823. The summed E-state index contributed by atoms with van der Waals surface area (Å²) in [5, 5.41) is 54.1. The first-order chi connectivity index (χ1) is 29.3. The van der Waals surface area contributed by atoms with Crippen molar-refractivity contribution < 1.29 is 39.8 Å². The third kappa shape index (κ3) is 31.3. The quantitative estimate of drug-likeness (QED) is 0.0263. The van der Waals surface area contributed by atoms with E-state index in [1.165, 1.54) is 141 Å². The van der Waals surface area contributed by atoms with Crippen molar-refractivity contribution in [2.75, 3.05) is 13.2 Å². The van der Waals surface area contributed by atoms with Gasteiger partial charge in [0.15, 0.2) is 6.29 Å². The highest BCUT2D eigenvalue weighted by atomic mass is 16.7. The van der Waals surface area contributed by atoms with Crippen molar-refractivity contribution in [1.82, 2.24) is 5.32 Å². The number of aliphatic hydroxyl groups excluding tert-OH is 5. The molecule has 0 aromatic carbocycles. The van der Waals surface area contributed by atoms with E-state index >= 15 is 0 Å². The lowest BCUT2D eigenvalue weighted by molar-refractivity contribution is -0.302. The van der Waals surface area contributed by atoms with Crippen LogP contribution in [0.3, 0.4) is 0 Å². The molecule has 7 unspecified atom stereocenters. The second-order valence-electron chi connectivity index (χ2n) is 17.6. The first-order valence-corrected chi connectivity index (χ1v) is 25.2. The smallest absolute Gasteiger partial charge is 0.220 e. The lowest BCUT2D eigenvalue weighted by Crippen LogP contribution is -2.60. The lowest BCUT2D eigenvalue weighted by atomic mass is 9.99. The van der Waals surface area contributed by atoms with Crippen LogP contribution in [0.15, 0.2) is 36.5 Å². The molecule has 1 fully saturated rings. The molecular formula is C51H95NO8. The number of unbranched alkanes of at least 4 members (excludes halogenated alkanes) is 28. The van der Waals surface area contributed by atoms with Crippen LogP contribution in [-0.4, -0.2) is 87.5 Å². The SMILES string of the molecule is CCC/C=C\CCCCCCCC(=O)NC(COC1OC(CO)C(O)C(O)C1O)C(O)/C=C/CC/C=C/CCCCCCCCCCCCCCCCCCCCCCC. The molecule has 6 N–H and O–H groups in total. The minimum atomic E-state index is -1.57. The van der Waals surface area contributed by atoms with Crippen LogP contribution in [-0.2, 0) is 14.3 Å². The molecule has 352 valence electrons. The van der Waals surface area contributed by atoms with Crippen molar-refractivity contribution in [3.63, 3.8) is 0 Å². The normalized spacial score (nSPS) is 20.8. The Morgan fingerprint density at radius 1 is 0.550 bits per heavy atom. The maximum Gasteiger partial charge on any atom is 0.220 e. The summed E-state index contributed by atoms with van der Waals surface area (Å²) in [6.45, 7) is 3.69. The topological polar surface area (TPSA) is 149 Å². The molecule has 0 spiro atoms. The summed E-state index contributed by atoms with van der Waals surface area (Å²) >= 11 is 0. The summed E-state index contributed by atoms with van der Waals surface area (Å²) in [5.41, 5.74) is 0. The molecule has 0 aromatic rings. The van der Waals surface area contributed by atoms with Gasteiger partial charge in [-0.05, 0) is 51.4 Å². The highest BCUT2D eigenvalue weighted by Gasteiger charge is 2.44. The minimum Gasteiger partial charge on any atom is -0.394 e. The number of carbonyl (C=O) groups is 1. The second-order valence-corrected chi connectivity index (χ2v) is 17.6. The van der Waals surface area contributed by atoms with Gasteiger partial charge in [0.05, 0.1) is 25.4 Å². The van der Waals surface area contributed by atoms with Gasteiger partial charge in [-0.2, -0.15) is 0 Å². The monoisotopic (exact) mass is 850 g/mol. The van der Waals surface area contributed by atoms with Gasteiger partial charge in [0.2, 0.25) is 5.91 Å². The van der Waals surface area contributed by atoms with Gasteiger partial charge in [-0.15, -0.1) is 0 Å². The minimum absolute atomic E-state index is 0.199. The molecule has 0 saturated carbocycles. The largest absolute Gasteiger partial charge is 0.394 e. The molecule has 9 heteroatoms. The highest BCUT2D eigenvalue weighted by molar-refractivity contribution is 5.76. The molecule has 9 nitrogen and oxygen atoms in total. The number of hydrogen-bond donors (Lipinski definition) is 6. The van der Waals surface area contributed by atoms with Crippen LogP contribution >= 0.6 is 0 Å². The number of allylic oxidation sites excluding steroid dienone is 5. The van der Waals surface area contributed by atoms with E-state index in [4.69, 9.17) is 9.47 Å². The average molecular weight is 850 g/mol. The molecule has 1 amide bonds. The number of amides is 1. The highest BCUT2D eigenvalue weighted by Crippen LogP contribution is 2.23. The Morgan fingerprint density at radius 2 is 0.983 bits per heavy atom. The van der Waals surface area contributed by atoms with E-state index in [-0.39, 0.29) is 12.5 Å². The Balaban J connectivity index is 2.23. The Labute approximate surface area is 368 Å². The second kappa shape index (κ2) is 41.4. The fourth-order valence-corrected chi connectivity index (χ4v) is 7.88. The predicted octanol–water partition coefficient (Wildman–Crippen LogP) is 11.2. The Kier molecular flexibility index (Phi) is 39.0. The molecule has 0 aliphatic carbocycles. The number of nitrogens with one attached hydrogen (secondary N) is 1. The summed E-state index contributed by atoms with van der Waals surface area (Å²) in [6.07, 6.45) is 45.1. The third-order valence-electron chi connectivity index (χ3n) is 11.9. The van der Waals surface area contributed by atoms with Crippen molar-refractivity contribution in [2.45, 2.75) is 269 Å². The zero-order chi connectivity index (χ0) is 43.7. The molecular weight excluding hydrogens is 755 g/mol. The van der Waals surface area contributed by atoms with Gasteiger partial charge in [0.25, 0.3) is 0 Å². The van der Waals surface area contributed by atoms with Crippen molar-refractivity contribution in [1.29, 1.82) is 0 Å². The van der Waals surface area contributed by atoms with E-state index < -0.39 is 49.5 Å². The van der Waals surface area contributed by atoms with Gasteiger partial charge < -0.3 is 40.3 Å². The number of aliphatic hydroxyl groups is 5. The van der Waals surface area contributed by atoms with E-state index in [0.717, 1.165) is 64.2 Å². The summed E-state index contributed by atoms with van der Waals surface area (Å²) in [4.78, 5) is 12.9. The third-order valence-corrected chi connectivity index (χ3v) is 11.9. The molecule has 0 bridgehead atoms. The van der Waals surface area contributed by atoms with Crippen molar-refractivity contribution >= 4 is 5.91 Å². The van der Waals surface area contributed by atoms with Crippen molar-refractivity contribution in [2.24, 2.45) is 0 Å². The molecule has 60 heavy (non-hydrogen) atoms. The van der Waals surface area contributed by atoms with Gasteiger partial charge in [-0.25, -0.2) is 0 Å². The van der Waals surface area contributed by atoms with E-state index in [2.05, 4.69) is 43.5 Å². The van der Waals surface area contributed by atoms with Gasteiger partial charge in [0.1, 0.15) is 24.4 Å². The van der Waals surface area contributed by atoms with Crippen LogP contribution in [0.4, 0.5) is 0 Å². The molecule has 1 aliphatic heterocycles. The molecule has 0 radical (unpaired) electrons. The maximum absolute atomic E-state index is 12.9. The van der Waals surface area contributed by atoms with Crippen LogP contribution in [0.2, 0.25) is 0 Å².